The number of amides is 1. The topological polar surface area (TPSA) is 108 Å². The number of hydrogen-bond acceptors (Lipinski definition) is 8. The summed E-state index contributed by atoms with van der Waals surface area (Å²) in [7, 11) is 1.25. The van der Waals surface area contributed by atoms with Crippen molar-refractivity contribution in [1.29, 1.82) is 0 Å². The van der Waals surface area contributed by atoms with Crippen molar-refractivity contribution in [2.24, 2.45) is 0 Å². The molecule has 0 fully saturated rings. The molecule has 1 aromatic carbocycles. The van der Waals surface area contributed by atoms with Crippen LogP contribution in [0.2, 0.25) is 0 Å². The lowest BCUT2D eigenvalue weighted by Crippen LogP contribution is -2.40. The molecule has 1 rings (SSSR count). The van der Waals surface area contributed by atoms with Crippen molar-refractivity contribution in [3.8, 4) is 5.75 Å². The van der Waals surface area contributed by atoms with Gasteiger partial charge in [0.15, 0.2) is 0 Å². The fraction of sp³-hybridized carbons (Fsp3) is 0.714. The highest BCUT2D eigenvalue weighted by Crippen LogP contribution is 2.21. The molecule has 1 aromatic rings. The first-order valence-electron chi connectivity index (χ1n) is 16.8. The number of hydrogen-bond donors (Lipinski definition) is 0. The molecule has 9 nitrogen and oxygen atoms in total. The SMILES string of the molecule is CCCCCCCCCCCCCCCCCCOc1cc(C(=O)OC)cc(C(=O)N(CC(=O)OCC)CC(=O)OCC)c1. The molecule has 9 heteroatoms. The highest BCUT2D eigenvalue weighted by molar-refractivity contribution is 6.00. The van der Waals surface area contributed by atoms with Crippen molar-refractivity contribution in [3.63, 3.8) is 0 Å². The number of carbonyl (C=O) groups excluding carboxylic acids is 4. The Labute approximate surface area is 265 Å². The first-order chi connectivity index (χ1) is 21.4. The number of unbranched alkanes of at least 4 members (excludes halogenated alkanes) is 15. The summed E-state index contributed by atoms with van der Waals surface area (Å²) in [6.07, 6.45) is 20.5. The minimum absolute atomic E-state index is 0.0865. The van der Waals surface area contributed by atoms with Gasteiger partial charge in [-0.3, -0.25) is 14.4 Å². The van der Waals surface area contributed by atoms with Crippen LogP contribution in [0, 0.1) is 0 Å². The first-order valence-corrected chi connectivity index (χ1v) is 16.8. The van der Waals surface area contributed by atoms with E-state index in [-0.39, 0.29) is 24.3 Å². The van der Waals surface area contributed by atoms with Crippen LogP contribution < -0.4 is 4.74 Å². The van der Waals surface area contributed by atoms with E-state index in [2.05, 4.69) is 6.92 Å². The monoisotopic (exact) mass is 619 g/mol. The Morgan fingerprint density at radius 2 is 1.02 bits per heavy atom. The minimum atomic E-state index is -0.658. The van der Waals surface area contributed by atoms with E-state index in [4.69, 9.17) is 18.9 Å². The molecular weight excluding hydrogens is 562 g/mol. The zero-order chi connectivity index (χ0) is 32.4. The van der Waals surface area contributed by atoms with Crippen LogP contribution in [-0.2, 0) is 23.8 Å². The van der Waals surface area contributed by atoms with Crippen LogP contribution in [-0.4, -0.2) is 68.7 Å². The summed E-state index contributed by atoms with van der Waals surface area (Å²) in [5.41, 5.74) is 0.219. The Bertz CT molecular complexity index is 944. The van der Waals surface area contributed by atoms with Gasteiger partial charge in [0.2, 0.25) is 0 Å². The van der Waals surface area contributed by atoms with Crippen molar-refractivity contribution in [2.75, 3.05) is 40.0 Å². The largest absolute Gasteiger partial charge is 0.494 e. The predicted molar refractivity (Wildman–Crippen MR) is 172 cm³/mol. The van der Waals surface area contributed by atoms with Crippen molar-refractivity contribution >= 4 is 23.8 Å². The number of methoxy groups -OCH3 is 1. The van der Waals surface area contributed by atoms with Crippen LogP contribution in [0.3, 0.4) is 0 Å². The normalized spacial score (nSPS) is 10.7. The van der Waals surface area contributed by atoms with Crippen LogP contribution in [0.5, 0.6) is 5.75 Å². The van der Waals surface area contributed by atoms with Crippen LogP contribution in [0.25, 0.3) is 0 Å². The summed E-state index contributed by atoms with van der Waals surface area (Å²) in [5.74, 6) is -2.24. The second kappa shape index (κ2) is 25.2. The van der Waals surface area contributed by atoms with Gasteiger partial charge in [-0.1, -0.05) is 103 Å². The number of nitrogens with zero attached hydrogens (tertiary/aromatic N) is 1. The second-order valence-electron chi connectivity index (χ2n) is 11.2. The second-order valence-corrected chi connectivity index (χ2v) is 11.2. The fourth-order valence-corrected chi connectivity index (χ4v) is 4.99. The molecule has 0 aromatic heterocycles. The maximum absolute atomic E-state index is 13.4. The summed E-state index contributed by atoms with van der Waals surface area (Å²) in [5, 5.41) is 0. The molecule has 0 saturated heterocycles. The highest BCUT2D eigenvalue weighted by Gasteiger charge is 2.24. The smallest absolute Gasteiger partial charge is 0.338 e. The Morgan fingerprint density at radius 1 is 0.591 bits per heavy atom. The van der Waals surface area contributed by atoms with E-state index in [1.165, 1.54) is 109 Å². The van der Waals surface area contributed by atoms with Gasteiger partial charge in [0, 0.05) is 5.56 Å². The lowest BCUT2D eigenvalue weighted by Gasteiger charge is -2.21. The van der Waals surface area contributed by atoms with E-state index >= 15 is 0 Å². The predicted octanol–water partition coefficient (Wildman–Crippen LogP) is 7.68. The van der Waals surface area contributed by atoms with E-state index in [1.54, 1.807) is 13.8 Å². The maximum Gasteiger partial charge on any atom is 0.338 e. The van der Waals surface area contributed by atoms with Gasteiger partial charge >= 0.3 is 17.9 Å². The molecule has 0 unspecified atom stereocenters. The van der Waals surface area contributed by atoms with E-state index in [9.17, 15) is 19.2 Å². The van der Waals surface area contributed by atoms with Crippen LogP contribution in [0.4, 0.5) is 0 Å². The van der Waals surface area contributed by atoms with Crippen LogP contribution in [0.15, 0.2) is 18.2 Å². The van der Waals surface area contributed by atoms with Crippen molar-refractivity contribution in [1.82, 2.24) is 4.90 Å². The molecule has 0 atom stereocenters. The highest BCUT2D eigenvalue weighted by atomic mass is 16.5. The molecule has 0 aliphatic heterocycles. The average Bonchev–Trinajstić information content (AvgIpc) is 3.01. The average molecular weight is 620 g/mol. The van der Waals surface area contributed by atoms with E-state index < -0.39 is 36.9 Å². The van der Waals surface area contributed by atoms with Crippen molar-refractivity contribution < 1.29 is 38.1 Å². The molecule has 0 radical (unpaired) electrons. The lowest BCUT2D eigenvalue weighted by atomic mass is 10.0. The van der Waals surface area contributed by atoms with Gasteiger partial charge in [-0.25, -0.2) is 4.79 Å². The molecular formula is C35H57NO8. The summed E-state index contributed by atoms with van der Waals surface area (Å²) >= 11 is 0. The number of ether oxygens (including phenoxy) is 4. The zero-order valence-corrected chi connectivity index (χ0v) is 27.8. The summed E-state index contributed by atoms with van der Waals surface area (Å²) in [6.45, 7) is 5.39. The Kier molecular flexibility index (Phi) is 22.3. The maximum atomic E-state index is 13.4. The molecule has 0 N–H and O–H groups in total. The molecule has 250 valence electrons. The number of esters is 3. The van der Waals surface area contributed by atoms with Gasteiger partial charge < -0.3 is 23.8 Å². The van der Waals surface area contributed by atoms with Gasteiger partial charge in [-0.15, -0.1) is 0 Å². The van der Waals surface area contributed by atoms with Crippen molar-refractivity contribution in [3.05, 3.63) is 29.3 Å². The van der Waals surface area contributed by atoms with Crippen molar-refractivity contribution in [2.45, 2.75) is 124 Å². The zero-order valence-electron chi connectivity index (χ0n) is 27.8. The Hall–Kier alpha value is -3.10. The number of carbonyl (C=O) groups is 4. The lowest BCUT2D eigenvalue weighted by molar-refractivity contribution is -0.147. The van der Waals surface area contributed by atoms with Gasteiger partial charge in [0.1, 0.15) is 18.8 Å². The summed E-state index contributed by atoms with van der Waals surface area (Å²) in [6, 6.07) is 4.39. The molecule has 0 aliphatic carbocycles. The molecule has 0 saturated carbocycles. The summed E-state index contributed by atoms with van der Waals surface area (Å²) in [4.78, 5) is 51.0. The minimum Gasteiger partial charge on any atom is -0.494 e. The van der Waals surface area contributed by atoms with E-state index in [0.29, 0.717) is 12.4 Å². The molecule has 0 spiro atoms. The fourth-order valence-electron chi connectivity index (χ4n) is 4.99. The molecule has 44 heavy (non-hydrogen) atoms. The van der Waals surface area contributed by atoms with Gasteiger partial charge in [0.05, 0.1) is 32.5 Å². The van der Waals surface area contributed by atoms with E-state index in [1.807, 2.05) is 0 Å². The van der Waals surface area contributed by atoms with Gasteiger partial charge in [-0.2, -0.15) is 0 Å². The quantitative estimate of drug-likeness (QED) is 0.0590. The Morgan fingerprint density at radius 3 is 1.45 bits per heavy atom. The third-order valence-corrected chi connectivity index (χ3v) is 7.38. The Balaban J connectivity index is 2.51. The molecule has 0 heterocycles. The van der Waals surface area contributed by atoms with Crippen LogP contribution in [0.1, 0.15) is 144 Å². The first kappa shape index (κ1) is 38.9. The van der Waals surface area contributed by atoms with Gasteiger partial charge in [0.25, 0.3) is 5.91 Å². The van der Waals surface area contributed by atoms with E-state index in [0.717, 1.165) is 24.2 Å². The van der Waals surface area contributed by atoms with Gasteiger partial charge in [-0.05, 0) is 38.5 Å². The molecule has 1 amide bonds. The molecule has 0 bridgehead atoms. The number of rotatable bonds is 26. The third-order valence-electron chi connectivity index (χ3n) is 7.38. The number of benzene rings is 1. The third kappa shape index (κ3) is 17.9. The van der Waals surface area contributed by atoms with Crippen LogP contribution >= 0.6 is 0 Å². The molecule has 0 aliphatic rings. The summed E-state index contributed by atoms with van der Waals surface area (Å²) < 4.78 is 20.7. The standard InChI is InChI=1S/C35H57NO8/c1-5-8-9-10-11-12-13-14-15-16-17-18-19-20-21-22-23-44-31-25-29(24-30(26-31)35(40)41-4)34(39)36(27-32(37)42-6-2)28-33(38)43-7-3/h24-26H,5-23,27-28H2,1-4H3.